The molecule has 1 unspecified atom stereocenters. The highest BCUT2D eigenvalue weighted by atomic mass is 79.9. The van der Waals surface area contributed by atoms with E-state index in [2.05, 4.69) is 21.2 Å². The number of para-hydroxylation sites is 1. The third-order valence-electron chi connectivity index (χ3n) is 2.54. The summed E-state index contributed by atoms with van der Waals surface area (Å²) < 4.78 is 0. The number of benzene rings is 1. The zero-order valence-electron chi connectivity index (χ0n) is 10.9. The lowest BCUT2D eigenvalue weighted by atomic mass is 9.95. The molecule has 102 valence electrons. The van der Waals surface area contributed by atoms with E-state index in [1.54, 1.807) is 24.3 Å². The predicted molar refractivity (Wildman–Crippen MR) is 77.3 cm³/mol. The summed E-state index contributed by atoms with van der Waals surface area (Å²) in [6.07, 6.45) is -1.04. The average Bonchev–Trinajstić information content (AvgIpc) is 2.30. The van der Waals surface area contributed by atoms with Gasteiger partial charge in [-0.15, -0.1) is 0 Å². The Bertz CT molecular complexity index is 353. The van der Waals surface area contributed by atoms with E-state index in [4.69, 9.17) is 5.11 Å². The minimum Gasteiger partial charge on any atom is -0.465 e. The number of aliphatic hydroxyl groups is 1. The van der Waals surface area contributed by atoms with Gasteiger partial charge in [0, 0.05) is 11.0 Å². The van der Waals surface area contributed by atoms with E-state index in [9.17, 15) is 9.90 Å². The molecule has 0 aliphatic rings. The van der Waals surface area contributed by atoms with Gasteiger partial charge in [0.05, 0.1) is 5.60 Å². The van der Waals surface area contributed by atoms with Crippen LogP contribution in [-0.4, -0.2) is 27.2 Å². The van der Waals surface area contributed by atoms with Gasteiger partial charge in [0.1, 0.15) is 0 Å². The maximum atomic E-state index is 10.1. The van der Waals surface area contributed by atoms with E-state index in [1.807, 2.05) is 26.8 Å². The summed E-state index contributed by atoms with van der Waals surface area (Å²) in [6.45, 7) is 5.83. The molecule has 3 N–H and O–H groups in total. The van der Waals surface area contributed by atoms with Crippen molar-refractivity contribution in [2.75, 3.05) is 10.6 Å². The topological polar surface area (TPSA) is 69.6 Å². The molecule has 0 aromatic heterocycles. The maximum Gasteiger partial charge on any atom is 0.409 e. The summed E-state index contributed by atoms with van der Waals surface area (Å²) in [5, 5.41) is 20.5. The molecular formula is C13H20BrNO3. The van der Waals surface area contributed by atoms with Crippen molar-refractivity contribution < 1.29 is 15.0 Å². The van der Waals surface area contributed by atoms with Crippen LogP contribution in [0.2, 0.25) is 0 Å². The highest BCUT2D eigenvalue weighted by Crippen LogP contribution is 2.17. The minimum atomic E-state index is -1.04. The summed E-state index contributed by atoms with van der Waals surface area (Å²) in [7, 11) is 0. The number of carboxylic acid groups (broad SMARTS) is 1. The Labute approximate surface area is 116 Å². The average molecular weight is 318 g/mol. The van der Waals surface area contributed by atoms with Crippen LogP contribution in [0.3, 0.4) is 0 Å². The first-order chi connectivity index (χ1) is 8.29. The van der Waals surface area contributed by atoms with E-state index in [1.165, 1.54) is 0 Å². The maximum absolute atomic E-state index is 10.1. The number of halogens is 1. The lowest BCUT2D eigenvalue weighted by Gasteiger charge is -2.24. The van der Waals surface area contributed by atoms with Crippen molar-refractivity contribution in [3.05, 3.63) is 30.3 Å². The summed E-state index contributed by atoms with van der Waals surface area (Å²) in [5.41, 5.74) is 0.0509. The molecule has 0 bridgehead atoms. The molecule has 4 nitrogen and oxygen atoms in total. The molecule has 1 aromatic rings. The van der Waals surface area contributed by atoms with Crippen molar-refractivity contribution in [2.45, 2.75) is 26.4 Å². The number of anilines is 1. The molecule has 0 aliphatic heterocycles. The lowest BCUT2D eigenvalue weighted by molar-refractivity contribution is 0.0388. The summed E-state index contributed by atoms with van der Waals surface area (Å²) in [6, 6.07) is 8.74. The first-order valence-electron chi connectivity index (χ1n) is 5.63. The third kappa shape index (κ3) is 7.29. The first kappa shape index (κ1) is 16.9. The van der Waals surface area contributed by atoms with Crippen LogP contribution in [0, 0.1) is 5.92 Å². The fourth-order valence-corrected chi connectivity index (χ4v) is 1.45. The molecule has 5 heteroatoms. The Kier molecular flexibility index (Phi) is 7.62. The van der Waals surface area contributed by atoms with Gasteiger partial charge in [0.15, 0.2) is 0 Å². The molecule has 0 spiro atoms. The van der Waals surface area contributed by atoms with Gasteiger partial charge in [-0.05, 0) is 25.0 Å². The van der Waals surface area contributed by atoms with Gasteiger partial charge in [-0.2, -0.15) is 0 Å². The van der Waals surface area contributed by atoms with Crippen LogP contribution in [0.4, 0.5) is 10.5 Å². The van der Waals surface area contributed by atoms with E-state index in [0.717, 1.165) is 0 Å². The van der Waals surface area contributed by atoms with Gasteiger partial charge in [-0.3, -0.25) is 5.32 Å². The smallest absolute Gasteiger partial charge is 0.409 e. The van der Waals surface area contributed by atoms with Crippen LogP contribution in [-0.2, 0) is 0 Å². The minimum absolute atomic E-state index is 0.321. The van der Waals surface area contributed by atoms with E-state index in [-0.39, 0.29) is 0 Å². The molecule has 0 fully saturated rings. The van der Waals surface area contributed by atoms with Gasteiger partial charge in [-0.25, -0.2) is 4.79 Å². The van der Waals surface area contributed by atoms with Gasteiger partial charge >= 0.3 is 6.09 Å². The van der Waals surface area contributed by atoms with Crippen molar-refractivity contribution >= 4 is 27.7 Å². The van der Waals surface area contributed by atoms with E-state index >= 15 is 0 Å². The fourth-order valence-electron chi connectivity index (χ4n) is 0.799. The van der Waals surface area contributed by atoms with Crippen LogP contribution in [0.5, 0.6) is 0 Å². The Balaban J connectivity index is 0.000000331. The van der Waals surface area contributed by atoms with Crippen molar-refractivity contribution in [3.63, 3.8) is 0 Å². The van der Waals surface area contributed by atoms with Crippen molar-refractivity contribution in [1.29, 1.82) is 0 Å². The molecule has 1 aromatic carbocycles. The Morgan fingerprint density at radius 1 is 1.39 bits per heavy atom. The van der Waals surface area contributed by atoms with Crippen molar-refractivity contribution in [1.82, 2.24) is 0 Å². The first-order valence-corrected chi connectivity index (χ1v) is 6.75. The second-order valence-electron chi connectivity index (χ2n) is 4.44. The number of hydrogen-bond donors (Lipinski definition) is 3. The van der Waals surface area contributed by atoms with Gasteiger partial charge < -0.3 is 10.2 Å². The van der Waals surface area contributed by atoms with E-state index in [0.29, 0.717) is 16.9 Å². The second-order valence-corrected chi connectivity index (χ2v) is 5.00. The highest BCUT2D eigenvalue weighted by Gasteiger charge is 2.22. The molecule has 18 heavy (non-hydrogen) atoms. The standard InChI is InChI=1S/C7H7NO2.C6H13BrO/c9-7(10)8-6-4-2-1-3-5-6;1-5(2)6(3,8)4-7/h1-5,8H,(H,9,10);5,8H,4H2,1-3H3. The third-order valence-corrected chi connectivity index (χ3v) is 3.67. The number of hydrogen-bond acceptors (Lipinski definition) is 2. The van der Waals surface area contributed by atoms with Gasteiger partial charge in [-0.1, -0.05) is 48.0 Å². The number of alkyl halides is 1. The zero-order chi connectivity index (χ0) is 14.2. The number of carbonyl (C=O) groups is 1. The molecule has 0 saturated heterocycles. The molecule has 1 atom stereocenters. The van der Waals surface area contributed by atoms with Gasteiger partial charge in [0.25, 0.3) is 0 Å². The zero-order valence-corrected chi connectivity index (χ0v) is 12.4. The van der Waals surface area contributed by atoms with Crippen molar-refractivity contribution in [3.8, 4) is 0 Å². The van der Waals surface area contributed by atoms with Crippen molar-refractivity contribution in [2.24, 2.45) is 5.92 Å². The molecule has 1 rings (SSSR count). The quantitative estimate of drug-likeness (QED) is 0.746. The molecule has 0 saturated carbocycles. The molecule has 1 amide bonds. The molecule has 0 heterocycles. The SMILES string of the molecule is CC(C)C(C)(O)CBr.O=C(O)Nc1ccccc1. The number of nitrogens with one attached hydrogen (secondary N) is 1. The summed E-state index contributed by atoms with van der Waals surface area (Å²) in [5.74, 6) is 0.321. The fraction of sp³-hybridized carbons (Fsp3) is 0.462. The monoisotopic (exact) mass is 317 g/mol. The second kappa shape index (κ2) is 8.11. The summed E-state index contributed by atoms with van der Waals surface area (Å²) >= 11 is 3.22. The van der Waals surface area contributed by atoms with Crippen LogP contribution in [0.15, 0.2) is 30.3 Å². The van der Waals surface area contributed by atoms with Crippen LogP contribution in [0.1, 0.15) is 20.8 Å². The van der Waals surface area contributed by atoms with E-state index < -0.39 is 11.7 Å². The highest BCUT2D eigenvalue weighted by molar-refractivity contribution is 9.09. The molecular weight excluding hydrogens is 298 g/mol. The molecule has 0 aliphatic carbocycles. The largest absolute Gasteiger partial charge is 0.465 e. The Morgan fingerprint density at radius 3 is 2.17 bits per heavy atom. The van der Waals surface area contributed by atoms with Crippen LogP contribution >= 0.6 is 15.9 Å². The number of rotatable bonds is 3. The van der Waals surface area contributed by atoms with Crippen LogP contribution in [0.25, 0.3) is 0 Å². The summed E-state index contributed by atoms with van der Waals surface area (Å²) in [4.78, 5) is 10.1. The Hall–Kier alpha value is -1.07. The normalized spacial score (nSPS) is 13.2. The lowest BCUT2D eigenvalue weighted by Crippen LogP contribution is -2.32. The van der Waals surface area contributed by atoms with Gasteiger partial charge in [0.2, 0.25) is 0 Å². The molecule has 0 radical (unpaired) electrons. The predicted octanol–water partition coefficient (Wildman–Crippen LogP) is 3.56. The number of amides is 1. The van der Waals surface area contributed by atoms with Crippen LogP contribution < -0.4 is 5.32 Å². The Morgan fingerprint density at radius 2 is 1.89 bits per heavy atom.